The number of rotatable bonds is 5. The molecule has 0 saturated carbocycles. The predicted octanol–water partition coefficient (Wildman–Crippen LogP) is 2.35. The Morgan fingerprint density at radius 2 is 2.08 bits per heavy atom. The third kappa shape index (κ3) is 3.98. The number of H-pyrrole nitrogens is 1. The number of hydrogen-bond donors (Lipinski definition) is 2. The maximum absolute atomic E-state index is 12.2. The molecule has 2 N–H and O–H groups in total. The van der Waals surface area contributed by atoms with E-state index in [4.69, 9.17) is 11.6 Å². The number of aromatic amines is 1. The lowest BCUT2D eigenvalue weighted by molar-refractivity contribution is -0.154. The molecule has 8 nitrogen and oxygen atoms in total. The van der Waals surface area contributed by atoms with E-state index in [2.05, 4.69) is 40.0 Å². The molecule has 0 aliphatic carbocycles. The fraction of sp³-hybridized carbons (Fsp3) is 0.250. The van der Waals surface area contributed by atoms with Crippen molar-refractivity contribution >= 4 is 28.6 Å². The minimum atomic E-state index is -4.48. The van der Waals surface area contributed by atoms with Gasteiger partial charge in [0.25, 0.3) is 6.01 Å². The van der Waals surface area contributed by atoms with Crippen molar-refractivity contribution < 1.29 is 17.9 Å². The summed E-state index contributed by atoms with van der Waals surface area (Å²) in [7, 11) is 0. The average molecular weight is 360 g/mol. The first-order chi connectivity index (χ1) is 11.4. The van der Waals surface area contributed by atoms with Crippen molar-refractivity contribution in [3.05, 3.63) is 29.6 Å². The molecule has 0 atom stereocenters. The van der Waals surface area contributed by atoms with Crippen molar-refractivity contribution in [3.63, 3.8) is 0 Å². The van der Waals surface area contributed by atoms with Crippen LogP contribution in [0.2, 0.25) is 5.28 Å². The first-order valence-corrected chi connectivity index (χ1v) is 6.90. The molecule has 3 aromatic heterocycles. The SMILES string of the molecule is FC(F)(F)COc1nc2c(NCc3ccncn3)nc(Cl)nc2[nH]1. The minimum Gasteiger partial charge on any atom is -0.455 e. The molecule has 0 fully saturated rings. The maximum Gasteiger partial charge on any atom is 0.422 e. The van der Waals surface area contributed by atoms with Gasteiger partial charge >= 0.3 is 6.18 Å². The molecule has 3 rings (SSSR count). The molecule has 0 spiro atoms. The number of halogens is 4. The van der Waals surface area contributed by atoms with E-state index in [1.807, 2.05) is 0 Å². The average Bonchev–Trinajstić information content (AvgIpc) is 2.94. The number of alkyl halides is 3. The zero-order valence-corrected chi connectivity index (χ0v) is 12.6. The molecule has 0 aromatic carbocycles. The highest BCUT2D eigenvalue weighted by molar-refractivity contribution is 6.28. The standard InChI is InChI=1S/C12H9ClF3N7O/c13-10-21-8(18-3-6-1-2-17-5-19-6)7-9(22-10)23-11(20-7)24-4-12(14,15)16/h1-2,5H,3-4H2,(H2,18,20,21,22,23). The molecular formula is C12H9ClF3N7O. The van der Waals surface area contributed by atoms with Crippen LogP contribution in [-0.4, -0.2) is 42.7 Å². The van der Waals surface area contributed by atoms with Gasteiger partial charge in [-0.2, -0.15) is 28.1 Å². The van der Waals surface area contributed by atoms with Crippen molar-refractivity contribution in [2.24, 2.45) is 0 Å². The summed E-state index contributed by atoms with van der Waals surface area (Å²) >= 11 is 5.81. The van der Waals surface area contributed by atoms with Crippen molar-refractivity contribution in [1.29, 1.82) is 0 Å². The molecule has 12 heteroatoms. The number of hydrogen-bond acceptors (Lipinski definition) is 7. The maximum atomic E-state index is 12.2. The molecule has 3 heterocycles. The first kappa shape index (κ1) is 16.2. The summed E-state index contributed by atoms with van der Waals surface area (Å²) < 4.78 is 41.2. The lowest BCUT2D eigenvalue weighted by Crippen LogP contribution is -2.19. The quantitative estimate of drug-likeness (QED) is 0.674. The Morgan fingerprint density at radius 1 is 1.25 bits per heavy atom. The Kier molecular flexibility index (Phi) is 4.34. The Labute approximate surface area is 137 Å². The molecule has 0 radical (unpaired) electrons. The van der Waals surface area contributed by atoms with Crippen LogP contribution < -0.4 is 10.1 Å². The van der Waals surface area contributed by atoms with Crippen LogP contribution in [-0.2, 0) is 6.54 Å². The molecule has 0 aliphatic heterocycles. The molecule has 126 valence electrons. The van der Waals surface area contributed by atoms with Crippen LogP contribution in [0, 0.1) is 0 Å². The van der Waals surface area contributed by atoms with Crippen LogP contribution in [0.4, 0.5) is 19.0 Å². The molecule has 0 aliphatic rings. The van der Waals surface area contributed by atoms with Crippen molar-refractivity contribution in [2.45, 2.75) is 12.7 Å². The van der Waals surface area contributed by atoms with Gasteiger partial charge in [-0.3, -0.25) is 4.98 Å². The second kappa shape index (κ2) is 6.43. The fourth-order valence-electron chi connectivity index (χ4n) is 1.79. The number of aromatic nitrogens is 6. The van der Waals surface area contributed by atoms with Crippen molar-refractivity contribution in [1.82, 2.24) is 29.9 Å². The highest BCUT2D eigenvalue weighted by Crippen LogP contribution is 2.24. The van der Waals surface area contributed by atoms with E-state index in [-0.39, 0.29) is 34.8 Å². The van der Waals surface area contributed by atoms with Crippen LogP contribution in [0.3, 0.4) is 0 Å². The van der Waals surface area contributed by atoms with Gasteiger partial charge in [0.05, 0.1) is 12.2 Å². The van der Waals surface area contributed by atoms with Crippen LogP contribution in [0.25, 0.3) is 11.2 Å². The van der Waals surface area contributed by atoms with E-state index in [9.17, 15) is 13.2 Å². The van der Waals surface area contributed by atoms with E-state index in [1.54, 1.807) is 12.3 Å². The number of ether oxygens (including phenoxy) is 1. The fourth-order valence-corrected chi connectivity index (χ4v) is 1.96. The van der Waals surface area contributed by atoms with Crippen LogP contribution >= 0.6 is 11.6 Å². The van der Waals surface area contributed by atoms with Gasteiger partial charge in [0.15, 0.2) is 23.6 Å². The zero-order chi connectivity index (χ0) is 17.2. The molecule has 0 saturated heterocycles. The number of anilines is 1. The topological polar surface area (TPSA) is 102 Å². The van der Waals surface area contributed by atoms with Gasteiger partial charge in [-0.1, -0.05) is 0 Å². The summed E-state index contributed by atoms with van der Waals surface area (Å²) in [6.45, 7) is -1.19. The van der Waals surface area contributed by atoms with Crippen LogP contribution in [0.15, 0.2) is 18.6 Å². The Morgan fingerprint density at radius 3 is 2.79 bits per heavy atom. The molecule has 3 aromatic rings. The summed E-state index contributed by atoms with van der Waals surface area (Å²) in [4.78, 5) is 22.1. The highest BCUT2D eigenvalue weighted by Gasteiger charge is 2.29. The third-order valence-corrected chi connectivity index (χ3v) is 2.92. The van der Waals surface area contributed by atoms with E-state index < -0.39 is 12.8 Å². The number of imidazole rings is 1. The molecule has 0 bridgehead atoms. The van der Waals surface area contributed by atoms with Crippen molar-refractivity contribution in [2.75, 3.05) is 11.9 Å². The molecule has 24 heavy (non-hydrogen) atoms. The second-order valence-corrected chi connectivity index (χ2v) is 4.88. The van der Waals surface area contributed by atoms with Gasteiger partial charge in [0, 0.05) is 6.20 Å². The van der Waals surface area contributed by atoms with Gasteiger partial charge in [0.1, 0.15) is 6.33 Å². The lowest BCUT2D eigenvalue weighted by Gasteiger charge is -2.05. The first-order valence-electron chi connectivity index (χ1n) is 6.52. The van der Waals surface area contributed by atoms with E-state index in [0.717, 1.165) is 0 Å². The summed E-state index contributed by atoms with van der Waals surface area (Å²) in [5, 5.41) is 2.85. The predicted molar refractivity (Wildman–Crippen MR) is 77.6 cm³/mol. The monoisotopic (exact) mass is 359 g/mol. The van der Waals surface area contributed by atoms with Crippen LogP contribution in [0.5, 0.6) is 6.01 Å². The summed E-state index contributed by atoms with van der Waals surface area (Å²) in [6, 6.07) is 1.36. The minimum absolute atomic E-state index is 0.0984. The van der Waals surface area contributed by atoms with E-state index >= 15 is 0 Å². The van der Waals surface area contributed by atoms with E-state index in [1.165, 1.54) is 6.33 Å². The number of fused-ring (bicyclic) bond motifs is 1. The van der Waals surface area contributed by atoms with Gasteiger partial charge in [-0.15, -0.1) is 0 Å². The second-order valence-electron chi connectivity index (χ2n) is 4.54. The molecular weight excluding hydrogens is 351 g/mol. The van der Waals surface area contributed by atoms with Gasteiger partial charge < -0.3 is 10.1 Å². The largest absolute Gasteiger partial charge is 0.455 e. The smallest absolute Gasteiger partial charge is 0.422 e. The Bertz CT molecular complexity index is 840. The Hall–Kier alpha value is -2.69. The molecule has 0 unspecified atom stereocenters. The molecule has 0 amide bonds. The zero-order valence-electron chi connectivity index (χ0n) is 11.8. The van der Waals surface area contributed by atoms with Crippen LogP contribution in [0.1, 0.15) is 5.69 Å². The third-order valence-electron chi connectivity index (χ3n) is 2.75. The van der Waals surface area contributed by atoms with Gasteiger partial charge in [-0.25, -0.2) is 9.97 Å². The summed E-state index contributed by atoms with van der Waals surface area (Å²) in [5.74, 6) is 0.238. The summed E-state index contributed by atoms with van der Waals surface area (Å²) in [5.41, 5.74) is 1.03. The number of nitrogens with one attached hydrogen (secondary N) is 2. The van der Waals surface area contributed by atoms with Gasteiger partial charge in [0.2, 0.25) is 5.28 Å². The highest BCUT2D eigenvalue weighted by atomic mass is 35.5. The lowest BCUT2D eigenvalue weighted by atomic mass is 10.4. The van der Waals surface area contributed by atoms with E-state index in [0.29, 0.717) is 5.69 Å². The van der Waals surface area contributed by atoms with Crippen molar-refractivity contribution in [3.8, 4) is 6.01 Å². The Balaban J connectivity index is 1.83. The van der Waals surface area contributed by atoms with Gasteiger partial charge in [-0.05, 0) is 17.7 Å². The number of nitrogens with zero attached hydrogens (tertiary/aromatic N) is 5. The summed E-state index contributed by atoms with van der Waals surface area (Å²) in [6.07, 6.45) is -1.52. The normalized spacial score (nSPS) is 11.7.